The first-order valence-corrected chi connectivity index (χ1v) is 29.5. The summed E-state index contributed by atoms with van der Waals surface area (Å²) in [6.07, 6.45) is -3.53. The number of H-pyrrole nitrogens is 1. The van der Waals surface area contributed by atoms with Gasteiger partial charge in [-0.25, -0.2) is 19.7 Å². The molecule has 5 aromatic rings. The SMILES string of the molecule is CC(C)[Si](OC[C@H]1O[C@@H](n2c(/C=C\[C@H](O)[C@H]3O[C@@H](n4c(CO[Si](c5ccccc5)(c5ccccc5)C(C)(C)C)nc5c(N)ncnc54)[C@@H]4OC(C)(C)O[C@@H]43)cc(=O)[nH]c2=O)[C@@H]2OC(C)(C)O[C@@H]21)(C(C)C)C(C)C. The second-order valence-corrected chi connectivity index (χ2v) is 32.4. The Morgan fingerprint density at radius 2 is 1.33 bits per heavy atom. The molecule has 73 heavy (non-hydrogen) atoms. The molecule has 2 aromatic carbocycles. The summed E-state index contributed by atoms with van der Waals surface area (Å²) in [5.41, 5.74) is 7.02. The van der Waals surface area contributed by atoms with Crippen LogP contribution in [0.1, 0.15) is 114 Å². The number of aliphatic hydroxyl groups excluding tert-OH is 1. The van der Waals surface area contributed by atoms with Crippen molar-refractivity contribution in [3.8, 4) is 0 Å². The first kappa shape index (κ1) is 53.1. The fraction of sp³-hybridized carbons (Fsp3) is 0.566. The van der Waals surface area contributed by atoms with Crippen LogP contribution in [0.4, 0.5) is 5.82 Å². The number of rotatable bonds is 16. The molecule has 4 N–H and O–H groups in total. The average molecular weight is 1040 g/mol. The molecule has 4 aliphatic rings. The fourth-order valence-corrected chi connectivity index (χ4v) is 22.3. The molecule has 0 unspecified atom stereocenters. The third-order valence-corrected chi connectivity index (χ3v) is 26.2. The highest BCUT2D eigenvalue weighted by molar-refractivity contribution is 6.99. The van der Waals surface area contributed by atoms with E-state index in [1.54, 1.807) is 13.8 Å². The lowest BCUT2D eigenvalue weighted by Crippen LogP contribution is -2.66. The number of benzene rings is 2. The minimum absolute atomic E-state index is 0.0256. The summed E-state index contributed by atoms with van der Waals surface area (Å²) in [5.74, 6) is -1.46. The van der Waals surface area contributed by atoms with Crippen LogP contribution in [0.5, 0.6) is 0 Å². The number of nitrogens with zero attached hydrogens (tertiary/aromatic N) is 5. The van der Waals surface area contributed by atoms with Gasteiger partial charge in [-0.3, -0.25) is 18.9 Å². The van der Waals surface area contributed by atoms with E-state index in [1.165, 1.54) is 29.1 Å². The highest BCUT2D eigenvalue weighted by atomic mass is 28.4. The first-order chi connectivity index (χ1) is 34.4. The van der Waals surface area contributed by atoms with Crippen LogP contribution in [0.15, 0.2) is 88.7 Å². The Morgan fingerprint density at radius 3 is 1.90 bits per heavy atom. The normalized spacial score (nSPS) is 26.5. The van der Waals surface area contributed by atoms with E-state index in [9.17, 15) is 14.7 Å². The van der Waals surface area contributed by atoms with Gasteiger partial charge in [-0.15, -0.1) is 0 Å². The lowest BCUT2D eigenvalue weighted by molar-refractivity contribution is -0.204. The first-order valence-electron chi connectivity index (χ1n) is 25.5. The van der Waals surface area contributed by atoms with Crippen molar-refractivity contribution in [3.63, 3.8) is 0 Å². The molecule has 18 nitrogen and oxygen atoms in total. The van der Waals surface area contributed by atoms with Crippen LogP contribution in [0.2, 0.25) is 21.7 Å². The van der Waals surface area contributed by atoms with E-state index < -0.39 is 94.6 Å². The molecule has 0 saturated carbocycles. The zero-order valence-electron chi connectivity index (χ0n) is 44.3. The number of anilines is 1. The van der Waals surface area contributed by atoms with Crippen molar-refractivity contribution in [1.29, 1.82) is 0 Å². The van der Waals surface area contributed by atoms with E-state index in [0.717, 1.165) is 10.4 Å². The summed E-state index contributed by atoms with van der Waals surface area (Å²) in [4.78, 5) is 43.5. The van der Waals surface area contributed by atoms with Gasteiger partial charge in [0.15, 0.2) is 49.3 Å². The number of aromatic nitrogens is 6. The van der Waals surface area contributed by atoms with Crippen LogP contribution < -0.4 is 27.4 Å². The van der Waals surface area contributed by atoms with E-state index in [-0.39, 0.29) is 29.8 Å². The smallest absolute Gasteiger partial charge is 0.331 e. The molecule has 0 radical (unpaired) electrons. The topological polar surface area (TPSA) is 219 Å². The summed E-state index contributed by atoms with van der Waals surface area (Å²) >= 11 is 0. The van der Waals surface area contributed by atoms with Crippen molar-refractivity contribution in [2.45, 2.75) is 185 Å². The molecule has 0 amide bonds. The number of nitrogens with one attached hydrogen (secondary N) is 1. The van der Waals surface area contributed by atoms with Crippen LogP contribution in [0, 0.1) is 0 Å². The van der Waals surface area contributed by atoms with E-state index in [1.807, 2.05) is 54.8 Å². The van der Waals surface area contributed by atoms with Crippen molar-refractivity contribution in [3.05, 3.63) is 111 Å². The molecule has 0 spiro atoms. The van der Waals surface area contributed by atoms with Gasteiger partial charge in [-0.05, 0) is 65.8 Å². The number of aliphatic hydroxyl groups is 1. The predicted molar refractivity (Wildman–Crippen MR) is 281 cm³/mol. The van der Waals surface area contributed by atoms with Gasteiger partial charge in [0.1, 0.15) is 54.9 Å². The largest absolute Gasteiger partial charge is 0.413 e. The van der Waals surface area contributed by atoms with Crippen molar-refractivity contribution < 1.29 is 42.4 Å². The number of nitrogen functional groups attached to an aromatic ring is 1. The van der Waals surface area contributed by atoms with Crippen LogP contribution in [0.3, 0.4) is 0 Å². The van der Waals surface area contributed by atoms with E-state index in [2.05, 4.69) is 102 Å². The monoisotopic (exact) mass is 1040 g/mol. The van der Waals surface area contributed by atoms with Gasteiger partial charge in [0.05, 0.1) is 18.9 Å². The molecule has 394 valence electrons. The lowest BCUT2D eigenvalue weighted by Gasteiger charge is -2.43. The van der Waals surface area contributed by atoms with Crippen LogP contribution in [0.25, 0.3) is 17.2 Å². The Hall–Kier alpha value is -4.72. The van der Waals surface area contributed by atoms with Crippen LogP contribution in [-0.4, -0.2) is 112 Å². The van der Waals surface area contributed by atoms with Crippen molar-refractivity contribution in [1.82, 2.24) is 29.1 Å². The molecule has 7 heterocycles. The van der Waals surface area contributed by atoms with Gasteiger partial charge >= 0.3 is 5.69 Å². The number of nitrogens with two attached hydrogens (primary N) is 1. The molecule has 20 heteroatoms. The Labute approximate surface area is 428 Å². The predicted octanol–water partition coefficient (Wildman–Crippen LogP) is 6.44. The second-order valence-electron chi connectivity index (χ2n) is 22.7. The summed E-state index contributed by atoms with van der Waals surface area (Å²) < 4.78 is 57.2. The molecular weight excluding hydrogens is 967 g/mol. The minimum atomic E-state index is -3.09. The lowest BCUT2D eigenvalue weighted by atomic mass is 10.0. The molecule has 0 bridgehead atoms. The Balaban J connectivity index is 1.05. The molecule has 3 aromatic heterocycles. The van der Waals surface area contributed by atoms with Gasteiger partial charge in [0.2, 0.25) is 0 Å². The molecule has 9 atom stereocenters. The molecule has 4 fully saturated rings. The van der Waals surface area contributed by atoms with Gasteiger partial charge in [0, 0.05) is 6.07 Å². The maximum atomic E-state index is 14.0. The zero-order valence-corrected chi connectivity index (χ0v) is 46.3. The summed E-state index contributed by atoms with van der Waals surface area (Å²) in [5, 5.41) is 14.1. The van der Waals surface area contributed by atoms with Crippen LogP contribution >= 0.6 is 0 Å². The van der Waals surface area contributed by atoms with Gasteiger partial charge in [-0.1, -0.05) is 129 Å². The summed E-state index contributed by atoms with van der Waals surface area (Å²) in [6.45, 7) is 27.4. The van der Waals surface area contributed by atoms with Crippen LogP contribution in [-0.2, 0) is 43.9 Å². The van der Waals surface area contributed by atoms with Crippen molar-refractivity contribution in [2.75, 3.05) is 12.3 Å². The van der Waals surface area contributed by atoms with E-state index in [4.69, 9.17) is 48.0 Å². The third kappa shape index (κ3) is 9.55. The number of hydrogen-bond acceptors (Lipinski definition) is 15. The average Bonchev–Trinajstić information content (AvgIpc) is 4.10. The molecule has 0 aliphatic carbocycles. The van der Waals surface area contributed by atoms with Gasteiger partial charge in [0.25, 0.3) is 13.9 Å². The van der Waals surface area contributed by atoms with Gasteiger partial charge in [-0.2, -0.15) is 0 Å². The Morgan fingerprint density at radius 1 is 0.781 bits per heavy atom. The number of hydrogen-bond donors (Lipinski definition) is 3. The number of ether oxygens (including phenoxy) is 6. The quantitative estimate of drug-likeness (QED) is 0.0907. The van der Waals surface area contributed by atoms with E-state index in [0.29, 0.717) is 33.6 Å². The maximum absolute atomic E-state index is 14.0. The number of imidazole rings is 1. The Kier molecular flexibility index (Phi) is 14.4. The molecular formula is C53H73N7O11Si2. The summed E-state index contributed by atoms with van der Waals surface area (Å²) in [6, 6.07) is 21.9. The maximum Gasteiger partial charge on any atom is 0.331 e. The van der Waals surface area contributed by atoms with E-state index >= 15 is 0 Å². The summed E-state index contributed by atoms with van der Waals surface area (Å²) in [7, 11) is -5.42. The molecule has 9 rings (SSSR count). The van der Waals surface area contributed by atoms with Crippen molar-refractivity contribution >= 4 is 50.1 Å². The highest BCUT2D eigenvalue weighted by Gasteiger charge is 2.60. The number of aromatic amines is 1. The fourth-order valence-electron chi connectivity index (χ4n) is 12.3. The highest BCUT2D eigenvalue weighted by Crippen LogP contribution is 2.48. The Bertz CT molecular complexity index is 2860. The number of fused-ring (bicyclic) bond motifs is 3. The van der Waals surface area contributed by atoms with Crippen molar-refractivity contribution in [2.24, 2.45) is 0 Å². The minimum Gasteiger partial charge on any atom is -0.413 e. The molecule has 4 saturated heterocycles. The second kappa shape index (κ2) is 19.8. The molecule has 4 aliphatic heterocycles. The van der Waals surface area contributed by atoms with Gasteiger partial charge < -0.3 is 48.1 Å². The third-order valence-electron chi connectivity index (χ3n) is 15.1. The standard InChI is InChI=1S/C53H73N7O11Si2/c1-30(2)72(31(3)4,32(5)6)64-27-37-42-44(70-52(10,11)68-42)48(66-37)59-33(26-39(62)58-50(59)63)24-25-36(61)41-43-45(71-53(12,13)69-43)49(67-41)60-38(57-40-46(54)55-29-56-47(40)60)28-65-73(51(7,8)9,34-20-16-14-17-21-34)35-22-18-15-19-23-35/h14-26,29-32,36-37,41-45,48-49,61H,27-28H2,1-13H3,(H2,54,55,56)(H,58,62,63)/b25-24-/t36-,37+,41+,42+,43+,44+,45+,48+,49+/m0/s1. The zero-order chi connectivity index (χ0) is 52.6.